The minimum atomic E-state index is -4.02. The van der Waals surface area contributed by atoms with Crippen molar-refractivity contribution >= 4 is 38.7 Å². The van der Waals surface area contributed by atoms with Gasteiger partial charge in [-0.1, -0.05) is 0 Å². The van der Waals surface area contributed by atoms with Gasteiger partial charge in [-0.25, -0.2) is 17.2 Å². The summed E-state index contributed by atoms with van der Waals surface area (Å²) in [5.74, 6) is -2.34. The van der Waals surface area contributed by atoms with E-state index in [-0.39, 0.29) is 16.6 Å². The van der Waals surface area contributed by atoms with Crippen molar-refractivity contribution < 1.29 is 17.2 Å². The largest absolute Gasteiger partial charge is 0.360 e. The molecular formula is C16H17F2N3O2S2. The Morgan fingerprint density at radius 3 is 2.16 bits per heavy atom. The highest BCUT2D eigenvalue weighted by atomic mass is 32.2. The lowest BCUT2D eigenvalue weighted by molar-refractivity contribution is 0.504. The average Bonchev–Trinajstić information content (AvgIpc) is 2.50. The Balaban J connectivity index is 2.09. The summed E-state index contributed by atoms with van der Waals surface area (Å²) in [4.78, 5) is -0.365. The maximum atomic E-state index is 13.2. The summed E-state index contributed by atoms with van der Waals surface area (Å²) in [6.45, 7) is 3.90. The van der Waals surface area contributed by atoms with Gasteiger partial charge >= 0.3 is 0 Å². The SMILES string of the molecule is CC(C)NC(=S)Nc1ccc(NS(=O)(=O)c2ccc(F)c(F)c2)cc1. The molecule has 2 rings (SSSR count). The lowest BCUT2D eigenvalue weighted by atomic mass is 10.3. The molecule has 0 fully saturated rings. The molecule has 2 aromatic rings. The van der Waals surface area contributed by atoms with Crippen LogP contribution in [0.25, 0.3) is 0 Å². The summed E-state index contributed by atoms with van der Waals surface area (Å²) < 4.78 is 52.9. The fraction of sp³-hybridized carbons (Fsp3) is 0.188. The van der Waals surface area contributed by atoms with E-state index in [1.807, 2.05) is 13.8 Å². The zero-order chi connectivity index (χ0) is 18.6. The normalized spacial score (nSPS) is 11.2. The van der Waals surface area contributed by atoms with Crippen LogP contribution >= 0.6 is 12.2 Å². The average molecular weight is 385 g/mol. The number of hydrogen-bond donors (Lipinski definition) is 3. The van der Waals surface area contributed by atoms with Crippen molar-refractivity contribution in [3.63, 3.8) is 0 Å². The van der Waals surface area contributed by atoms with Crippen LogP contribution in [0.1, 0.15) is 13.8 Å². The van der Waals surface area contributed by atoms with Crippen LogP contribution in [0, 0.1) is 11.6 Å². The van der Waals surface area contributed by atoms with Crippen LogP contribution in [0.4, 0.5) is 20.2 Å². The van der Waals surface area contributed by atoms with Crippen molar-refractivity contribution in [1.29, 1.82) is 0 Å². The van der Waals surface area contributed by atoms with Crippen LogP contribution < -0.4 is 15.4 Å². The second-order valence-electron chi connectivity index (χ2n) is 5.51. The molecule has 0 atom stereocenters. The number of anilines is 2. The van der Waals surface area contributed by atoms with Crippen molar-refractivity contribution in [3.05, 3.63) is 54.1 Å². The molecule has 134 valence electrons. The zero-order valence-corrected chi connectivity index (χ0v) is 15.1. The first-order valence-electron chi connectivity index (χ1n) is 7.33. The Labute approximate surface area is 150 Å². The molecule has 0 aromatic heterocycles. The molecule has 0 aliphatic rings. The van der Waals surface area contributed by atoms with Crippen LogP contribution in [0.2, 0.25) is 0 Å². The number of benzene rings is 2. The molecule has 5 nitrogen and oxygen atoms in total. The van der Waals surface area contributed by atoms with Crippen LogP contribution in [-0.4, -0.2) is 19.6 Å². The summed E-state index contributed by atoms with van der Waals surface area (Å²) in [5, 5.41) is 6.43. The van der Waals surface area contributed by atoms with Crippen molar-refractivity contribution in [2.45, 2.75) is 24.8 Å². The number of sulfonamides is 1. The molecule has 0 radical (unpaired) electrons. The van der Waals surface area contributed by atoms with Gasteiger partial charge in [0.2, 0.25) is 0 Å². The van der Waals surface area contributed by atoms with E-state index in [4.69, 9.17) is 12.2 Å². The minimum absolute atomic E-state index is 0.183. The van der Waals surface area contributed by atoms with E-state index in [1.54, 1.807) is 12.1 Å². The molecule has 0 bridgehead atoms. The van der Waals surface area contributed by atoms with Crippen LogP contribution in [0.3, 0.4) is 0 Å². The third-order valence-corrected chi connectivity index (χ3v) is 4.62. The Kier molecular flexibility index (Phi) is 5.91. The van der Waals surface area contributed by atoms with Crippen molar-refractivity contribution in [1.82, 2.24) is 5.32 Å². The van der Waals surface area contributed by atoms with Crippen LogP contribution in [-0.2, 0) is 10.0 Å². The second kappa shape index (κ2) is 7.75. The van der Waals surface area contributed by atoms with Crippen molar-refractivity contribution in [2.75, 3.05) is 10.0 Å². The van der Waals surface area contributed by atoms with Gasteiger partial charge in [0.1, 0.15) is 0 Å². The van der Waals surface area contributed by atoms with Gasteiger partial charge in [-0.05, 0) is 68.5 Å². The Morgan fingerprint density at radius 2 is 1.60 bits per heavy atom. The van der Waals surface area contributed by atoms with E-state index in [0.29, 0.717) is 16.9 Å². The van der Waals surface area contributed by atoms with E-state index in [0.717, 1.165) is 12.1 Å². The van der Waals surface area contributed by atoms with Gasteiger partial charge in [-0.3, -0.25) is 4.72 Å². The van der Waals surface area contributed by atoms with Crippen molar-refractivity contribution in [3.8, 4) is 0 Å². The third-order valence-electron chi connectivity index (χ3n) is 3.02. The molecule has 2 aromatic carbocycles. The molecule has 25 heavy (non-hydrogen) atoms. The van der Waals surface area contributed by atoms with Gasteiger partial charge in [-0.15, -0.1) is 0 Å². The van der Waals surface area contributed by atoms with Gasteiger partial charge in [-0.2, -0.15) is 0 Å². The van der Waals surface area contributed by atoms with Crippen LogP contribution in [0.5, 0.6) is 0 Å². The first-order chi connectivity index (χ1) is 11.7. The topological polar surface area (TPSA) is 70.2 Å². The number of nitrogens with one attached hydrogen (secondary N) is 3. The molecule has 0 saturated carbocycles. The summed E-state index contributed by atoms with van der Waals surface area (Å²) in [5.41, 5.74) is 0.951. The number of hydrogen-bond acceptors (Lipinski definition) is 3. The molecular weight excluding hydrogens is 368 g/mol. The highest BCUT2D eigenvalue weighted by Crippen LogP contribution is 2.20. The third kappa shape index (κ3) is 5.36. The van der Waals surface area contributed by atoms with E-state index in [9.17, 15) is 17.2 Å². The standard InChI is InChI=1S/C16H17F2N3O2S2/c1-10(2)19-16(24)20-11-3-5-12(6-4-11)21-25(22,23)13-7-8-14(17)15(18)9-13/h3-10,21H,1-2H3,(H2,19,20,24). The van der Waals surface area contributed by atoms with Crippen LogP contribution in [0.15, 0.2) is 47.4 Å². The Hall–Kier alpha value is -2.26. The number of thiocarbonyl (C=S) groups is 1. The lowest BCUT2D eigenvalue weighted by Gasteiger charge is -2.14. The van der Waals surface area contributed by atoms with E-state index >= 15 is 0 Å². The molecule has 0 aliphatic carbocycles. The molecule has 0 unspecified atom stereocenters. The van der Waals surface area contributed by atoms with Gasteiger partial charge < -0.3 is 10.6 Å². The molecule has 9 heteroatoms. The highest BCUT2D eigenvalue weighted by Gasteiger charge is 2.16. The fourth-order valence-electron chi connectivity index (χ4n) is 1.91. The quantitative estimate of drug-likeness (QED) is 0.688. The van der Waals surface area contributed by atoms with E-state index in [1.165, 1.54) is 12.1 Å². The zero-order valence-electron chi connectivity index (χ0n) is 13.5. The minimum Gasteiger partial charge on any atom is -0.360 e. The molecule has 0 amide bonds. The highest BCUT2D eigenvalue weighted by molar-refractivity contribution is 7.92. The lowest BCUT2D eigenvalue weighted by Crippen LogP contribution is -2.33. The fourth-order valence-corrected chi connectivity index (χ4v) is 3.33. The molecule has 0 spiro atoms. The maximum Gasteiger partial charge on any atom is 0.261 e. The Bertz CT molecular complexity index is 869. The number of halogens is 2. The first-order valence-corrected chi connectivity index (χ1v) is 9.22. The Morgan fingerprint density at radius 1 is 1.00 bits per heavy atom. The second-order valence-corrected chi connectivity index (χ2v) is 7.60. The summed E-state index contributed by atoms with van der Waals surface area (Å²) >= 11 is 5.12. The summed E-state index contributed by atoms with van der Waals surface area (Å²) in [6, 6.07) is 8.89. The molecule has 0 heterocycles. The van der Waals surface area contributed by atoms with Gasteiger partial charge in [0, 0.05) is 17.4 Å². The van der Waals surface area contributed by atoms with Crippen molar-refractivity contribution in [2.24, 2.45) is 0 Å². The predicted octanol–water partition coefficient (Wildman–Crippen LogP) is 3.46. The predicted molar refractivity (Wildman–Crippen MR) is 98.1 cm³/mol. The molecule has 3 N–H and O–H groups in total. The summed E-state index contributed by atoms with van der Waals surface area (Å²) in [6.07, 6.45) is 0. The van der Waals surface area contributed by atoms with Gasteiger partial charge in [0.05, 0.1) is 4.90 Å². The van der Waals surface area contributed by atoms with E-state index in [2.05, 4.69) is 15.4 Å². The van der Waals surface area contributed by atoms with Gasteiger partial charge in [0.25, 0.3) is 10.0 Å². The van der Waals surface area contributed by atoms with E-state index < -0.39 is 21.7 Å². The number of rotatable bonds is 5. The maximum absolute atomic E-state index is 13.2. The monoisotopic (exact) mass is 385 g/mol. The molecule has 0 aliphatic heterocycles. The van der Waals surface area contributed by atoms with Gasteiger partial charge in [0.15, 0.2) is 16.7 Å². The first kappa shape index (κ1) is 19.1. The molecule has 0 saturated heterocycles. The smallest absolute Gasteiger partial charge is 0.261 e. The summed E-state index contributed by atoms with van der Waals surface area (Å²) in [7, 11) is -4.02.